The molecule has 0 aliphatic carbocycles. The Labute approximate surface area is 159 Å². The lowest BCUT2D eigenvalue weighted by Gasteiger charge is -2.23. The first-order chi connectivity index (χ1) is 13.4. The number of hydrogen-bond acceptors (Lipinski definition) is 2. The topological polar surface area (TPSA) is 42.3 Å². The van der Waals surface area contributed by atoms with Crippen LogP contribution in [0.15, 0.2) is 83.8 Å². The summed E-state index contributed by atoms with van der Waals surface area (Å²) in [5.41, 5.74) is -1.08. The number of carbonyl (C=O) groups is 1. The van der Waals surface area contributed by atoms with Crippen LogP contribution < -0.4 is 10.5 Å². The number of aromatic nitrogens is 1. The summed E-state index contributed by atoms with van der Waals surface area (Å²) in [6.45, 7) is -0.262. The lowest BCUT2D eigenvalue weighted by atomic mass is 10.2. The molecule has 144 valence electrons. The summed E-state index contributed by atoms with van der Waals surface area (Å²) in [6.07, 6.45) is -3.59. The predicted octanol–water partition coefficient (Wildman–Crippen LogP) is 4.10. The van der Waals surface area contributed by atoms with Gasteiger partial charge in [-0.2, -0.15) is 13.2 Å². The molecule has 0 bridgehead atoms. The van der Waals surface area contributed by atoms with Gasteiger partial charge in [0.25, 0.3) is 5.56 Å². The van der Waals surface area contributed by atoms with E-state index in [2.05, 4.69) is 0 Å². The van der Waals surface area contributed by atoms with E-state index in [9.17, 15) is 22.8 Å². The largest absolute Gasteiger partial charge is 0.421 e. The Morgan fingerprint density at radius 2 is 1.50 bits per heavy atom. The van der Waals surface area contributed by atoms with Gasteiger partial charge in [0, 0.05) is 11.9 Å². The van der Waals surface area contributed by atoms with Crippen LogP contribution in [0.1, 0.15) is 11.1 Å². The fraction of sp³-hybridized carbons (Fsp3) is 0.143. The Bertz CT molecular complexity index is 999. The second-order valence-corrected chi connectivity index (χ2v) is 6.15. The monoisotopic (exact) mass is 386 g/mol. The van der Waals surface area contributed by atoms with Crippen LogP contribution in [0.3, 0.4) is 0 Å². The zero-order valence-electron chi connectivity index (χ0n) is 14.8. The number of benzene rings is 2. The minimum Gasteiger partial charge on any atom is -0.306 e. The lowest BCUT2D eigenvalue weighted by Crippen LogP contribution is -2.37. The van der Waals surface area contributed by atoms with E-state index in [-0.39, 0.29) is 6.54 Å². The molecule has 0 atom stereocenters. The molecule has 3 rings (SSSR count). The van der Waals surface area contributed by atoms with Crippen molar-refractivity contribution in [3.8, 4) is 0 Å². The molecule has 0 N–H and O–H groups in total. The average molecular weight is 386 g/mol. The molecule has 0 aliphatic heterocycles. The van der Waals surface area contributed by atoms with Gasteiger partial charge in [-0.05, 0) is 29.8 Å². The number of rotatable bonds is 5. The third kappa shape index (κ3) is 4.49. The molecule has 0 spiro atoms. The van der Waals surface area contributed by atoms with Gasteiger partial charge < -0.3 is 9.47 Å². The van der Waals surface area contributed by atoms with Crippen molar-refractivity contribution in [1.82, 2.24) is 4.57 Å². The Hall–Kier alpha value is -3.35. The van der Waals surface area contributed by atoms with Crippen molar-refractivity contribution >= 4 is 11.6 Å². The van der Waals surface area contributed by atoms with E-state index in [1.54, 1.807) is 30.3 Å². The van der Waals surface area contributed by atoms with Crippen molar-refractivity contribution in [2.45, 2.75) is 19.3 Å². The van der Waals surface area contributed by atoms with Crippen molar-refractivity contribution in [2.24, 2.45) is 0 Å². The summed E-state index contributed by atoms with van der Waals surface area (Å²) >= 11 is 0. The first-order valence-corrected chi connectivity index (χ1v) is 8.52. The van der Waals surface area contributed by atoms with E-state index in [0.29, 0.717) is 11.8 Å². The molecule has 0 fully saturated rings. The minimum absolute atomic E-state index is 0.234. The SMILES string of the molecule is O=C(Cn1cccc(C(F)(F)F)c1=O)N(Cc1ccccc1)c1ccccc1. The molecule has 3 aromatic rings. The number of alkyl halides is 3. The fourth-order valence-electron chi connectivity index (χ4n) is 2.81. The molecular weight excluding hydrogens is 369 g/mol. The second-order valence-electron chi connectivity index (χ2n) is 6.15. The maximum absolute atomic E-state index is 13.0. The standard InChI is InChI=1S/C21H17F3N2O2/c22-21(23,24)18-12-7-13-25(20(18)28)15-19(27)26(17-10-5-2-6-11-17)14-16-8-3-1-4-9-16/h1-13H,14-15H2. The van der Waals surface area contributed by atoms with Gasteiger partial charge in [-0.25, -0.2) is 0 Å². The number of anilines is 1. The van der Waals surface area contributed by atoms with Gasteiger partial charge in [-0.3, -0.25) is 9.59 Å². The van der Waals surface area contributed by atoms with E-state index >= 15 is 0 Å². The van der Waals surface area contributed by atoms with E-state index in [0.717, 1.165) is 16.2 Å². The van der Waals surface area contributed by atoms with Gasteiger partial charge in [-0.1, -0.05) is 48.5 Å². The number of para-hydroxylation sites is 1. The first-order valence-electron chi connectivity index (χ1n) is 8.52. The van der Waals surface area contributed by atoms with E-state index in [1.807, 2.05) is 30.3 Å². The Kier molecular flexibility index (Phi) is 5.63. The number of halogens is 3. The summed E-state index contributed by atoms with van der Waals surface area (Å²) in [7, 11) is 0. The Morgan fingerprint density at radius 1 is 0.893 bits per heavy atom. The van der Waals surface area contributed by atoms with Crippen LogP contribution in [-0.4, -0.2) is 10.5 Å². The molecule has 0 saturated carbocycles. The number of carbonyl (C=O) groups excluding carboxylic acids is 1. The van der Waals surface area contributed by atoms with Crippen LogP contribution in [0, 0.1) is 0 Å². The molecule has 0 aliphatic rings. The molecule has 0 saturated heterocycles. The molecule has 1 heterocycles. The molecule has 0 radical (unpaired) electrons. The number of pyridine rings is 1. The normalized spacial score (nSPS) is 11.2. The van der Waals surface area contributed by atoms with Gasteiger partial charge in [0.05, 0.1) is 6.54 Å². The minimum atomic E-state index is -4.77. The van der Waals surface area contributed by atoms with Crippen molar-refractivity contribution in [3.05, 3.63) is 100 Å². The van der Waals surface area contributed by atoms with Crippen LogP contribution in [0.5, 0.6) is 0 Å². The fourth-order valence-corrected chi connectivity index (χ4v) is 2.81. The molecule has 7 heteroatoms. The van der Waals surface area contributed by atoms with Crippen LogP contribution in [0.4, 0.5) is 18.9 Å². The van der Waals surface area contributed by atoms with Crippen molar-refractivity contribution in [1.29, 1.82) is 0 Å². The van der Waals surface area contributed by atoms with Gasteiger partial charge in [-0.15, -0.1) is 0 Å². The van der Waals surface area contributed by atoms with Crippen LogP contribution >= 0.6 is 0 Å². The first kappa shape index (κ1) is 19.4. The molecule has 2 aromatic carbocycles. The van der Waals surface area contributed by atoms with Crippen molar-refractivity contribution < 1.29 is 18.0 Å². The highest BCUT2D eigenvalue weighted by Crippen LogP contribution is 2.26. The summed E-state index contributed by atoms with van der Waals surface area (Å²) in [5.74, 6) is -0.489. The van der Waals surface area contributed by atoms with Crippen molar-refractivity contribution in [2.75, 3.05) is 4.90 Å². The van der Waals surface area contributed by atoms with Crippen LogP contribution in [0.2, 0.25) is 0 Å². The maximum Gasteiger partial charge on any atom is 0.421 e. The zero-order chi connectivity index (χ0) is 20.1. The third-order valence-corrected chi connectivity index (χ3v) is 4.18. The van der Waals surface area contributed by atoms with Gasteiger partial charge in [0.15, 0.2) is 0 Å². The quantitative estimate of drug-likeness (QED) is 0.663. The number of nitrogens with zero attached hydrogens (tertiary/aromatic N) is 2. The average Bonchev–Trinajstić information content (AvgIpc) is 2.68. The number of amides is 1. The molecule has 1 aromatic heterocycles. The Balaban J connectivity index is 1.92. The molecule has 28 heavy (non-hydrogen) atoms. The van der Waals surface area contributed by atoms with Crippen LogP contribution in [0.25, 0.3) is 0 Å². The van der Waals surface area contributed by atoms with Gasteiger partial charge in [0.2, 0.25) is 5.91 Å². The highest BCUT2D eigenvalue weighted by Gasteiger charge is 2.34. The van der Waals surface area contributed by atoms with E-state index in [4.69, 9.17) is 0 Å². The molecule has 4 nitrogen and oxygen atoms in total. The third-order valence-electron chi connectivity index (χ3n) is 4.18. The predicted molar refractivity (Wildman–Crippen MR) is 99.8 cm³/mol. The second kappa shape index (κ2) is 8.12. The highest BCUT2D eigenvalue weighted by atomic mass is 19.4. The summed E-state index contributed by atoms with van der Waals surface area (Å²) in [5, 5.41) is 0. The smallest absolute Gasteiger partial charge is 0.306 e. The van der Waals surface area contributed by atoms with Crippen LogP contribution in [-0.2, 0) is 24.1 Å². The summed E-state index contributed by atoms with van der Waals surface area (Å²) in [4.78, 5) is 26.5. The zero-order valence-corrected chi connectivity index (χ0v) is 14.8. The van der Waals surface area contributed by atoms with E-state index in [1.165, 1.54) is 11.1 Å². The van der Waals surface area contributed by atoms with Gasteiger partial charge in [0.1, 0.15) is 12.1 Å². The maximum atomic E-state index is 13.0. The molecular formula is C21H17F3N2O2. The highest BCUT2D eigenvalue weighted by molar-refractivity contribution is 5.93. The lowest BCUT2D eigenvalue weighted by molar-refractivity contribution is -0.139. The summed E-state index contributed by atoms with van der Waals surface area (Å²) in [6, 6.07) is 19.8. The Morgan fingerprint density at radius 3 is 2.11 bits per heavy atom. The van der Waals surface area contributed by atoms with E-state index < -0.39 is 29.8 Å². The van der Waals surface area contributed by atoms with Gasteiger partial charge >= 0.3 is 6.18 Å². The van der Waals surface area contributed by atoms with Crippen molar-refractivity contribution in [3.63, 3.8) is 0 Å². The molecule has 0 unspecified atom stereocenters. The summed E-state index contributed by atoms with van der Waals surface area (Å²) < 4.78 is 39.7. The molecule has 1 amide bonds. The number of hydrogen-bond donors (Lipinski definition) is 0.